The molecule has 0 aliphatic carbocycles. The Bertz CT molecular complexity index is 2170. The summed E-state index contributed by atoms with van der Waals surface area (Å²) in [6, 6.07) is -0.974. The smallest absolute Gasteiger partial charge is 0.220 e. The van der Waals surface area contributed by atoms with E-state index in [1.165, 1.54) is 308 Å². The van der Waals surface area contributed by atoms with Crippen LogP contribution in [-0.2, 0) is 33.2 Å². The summed E-state index contributed by atoms with van der Waals surface area (Å²) in [7, 11) is 0. The number of hydrogen-bond acceptors (Lipinski definition) is 18. The number of hydrogen-bond donors (Lipinski definition) is 12. The molecule has 1 amide bonds. The number of carbonyl (C=O) groups is 1. The molecule has 3 heterocycles. The fourth-order valence-corrected chi connectivity index (χ4v) is 15.6. The predicted molar refractivity (Wildman–Crippen MR) is 443 cm³/mol. The first-order valence-electron chi connectivity index (χ1n) is 45.9. The van der Waals surface area contributed by atoms with E-state index in [0.717, 1.165) is 57.8 Å². The van der Waals surface area contributed by atoms with Gasteiger partial charge in [0.25, 0.3) is 0 Å². The second kappa shape index (κ2) is 70.9. The molecule has 0 radical (unpaired) electrons. The van der Waals surface area contributed by atoms with Crippen LogP contribution in [0.2, 0.25) is 0 Å². The molecule has 0 spiro atoms. The highest BCUT2D eigenvalue weighted by Gasteiger charge is 2.54. The minimum atomic E-state index is -1.98. The van der Waals surface area contributed by atoms with E-state index in [1.54, 1.807) is 6.08 Å². The van der Waals surface area contributed by atoms with Crippen molar-refractivity contribution in [3.63, 3.8) is 0 Å². The standard InChI is InChI=1S/C91H169NO18/c1-3-5-7-9-11-13-15-17-19-21-23-25-27-29-30-31-32-33-34-35-36-37-38-39-40-41-42-43-44-45-47-49-51-53-55-57-59-61-63-65-67-69-79(97)92-74(75(96)68-66-64-62-60-58-56-54-52-50-48-46-28-26-24-22-20-18-16-14-12-10-8-6-4-2)73-105-89-85(103)82(100)87(77(71-94)107-89)110-91-86(104)83(101)88(78(72-95)108-91)109-90-84(102)81(99)80(98)76(70-93)106-90/h15,17,21,23,27,29,66,68,74-78,80-91,93-96,98-104H,3-14,16,18-20,22,24-26,28,30-65,67,69-73H2,1-2H3,(H,92,97)/b17-15-,23-21-,29-27-,68-66+. The molecule has 0 aromatic heterocycles. The summed E-state index contributed by atoms with van der Waals surface area (Å²) < 4.78 is 34.5. The van der Waals surface area contributed by atoms with Gasteiger partial charge in [-0.25, -0.2) is 0 Å². The van der Waals surface area contributed by atoms with Crippen LogP contribution in [-0.4, -0.2) is 193 Å². The van der Waals surface area contributed by atoms with Gasteiger partial charge in [-0.15, -0.1) is 0 Å². The van der Waals surface area contributed by atoms with Crippen LogP contribution in [0.3, 0.4) is 0 Å². The van der Waals surface area contributed by atoms with Gasteiger partial charge >= 0.3 is 0 Å². The third kappa shape index (κ3) is 49.1. The molecule has 12 N–H and O–H groups in total. The van der Waals surface area contributed by atoms with Gasteiger partial charge in [-0.1, -0.05) is 377 Å². The molecular formula is C91H169NO18. The van der Waals surface area contributed by atoms with E-state index in [9.17, 15) is 61.0 Å². The summed E-state index contributed by atoms with van der Waals surface area (Å²) in [5.74, 6) is -0.267. The van der Waals surface area contributed by atoms with Gasteiger partial charge in [-0.2, -0.15) is 0 Å². The average Bonchev–Trinajstić information content (AvgIpc) is 0.782. The van der Waals surface area contributed by atoms with Crippen molar-refractivity contribution in [2.45, 2.75) is 497 Å². The lowest BCUT2D eigenvalue weighted by molar-refractivity contribution is -0.379. The molecular weight excluding hydrogens is 1390 g/mol. The Morgan fingerprint density at radius 3 is 0.936 bits per heavy atom. The maximum Gasteiger partial charge on any atom is 0.220 e. The van der Waals surface area contributed by atoms with Gasteiger partial charge in [0.1, 0.15) is 73.2 Å². The minimum Gasteiger partial charge on any atom is -0.394 e. The van der Waals surface area contributed by atoms with Gasteiger partial charge in [0.15, 0.2) is 18.9 Å². The number of allylic oxidation sites excluding steroid dienone is 7. The Morgan fingerprint density at radius 2 is 0.600 bits per heavy atom. The maximum absolute atomic E-state index is 13.5. The number of aliphatic hydroxyl groups excluding tert-OH is 11. The Kier molecular flexibility index (Phi) is 65.7. The number of nitrogens with one attached hydrogen (secondary N) is 1. The Labute approximate surface area is 669 Å². The number of carbonyl (C=O) groups excluding carboxylic acids is 1. The summed E-state index contributed by atoms with van der Waals surface area (Å²) in [6.45, 7) is 1.79. The van der Waals surface area contributed by atoms with Crippen LogP contribution in [0.1, 0.15) is 393 Å². The highest BCUT2D eigenvalue weighted by molar-refractivity contribution is 5.76. The third-order valence-electron chi connectivity index (χ3n) is 22.9. The first kappa shape index (κ1) is 102. The zero-order valence-electron chi connectivity index (χ0n) is 69.8. The van der Waals surface area contributed by atoms with Crippen molar-refractivity contribution in [1.29, 1.82) is 0 Å². The average molecular weight is 1570 g/mol. The van der Waals surface area contributed by atoms with Gasteiger partial charge in [-0.3, -0.25) is 4.79 Å². The van der Waals surface area contributed by atoms with Crippen LogP contribution < -0.4 is 5.32 Å². The molecule has 0 aromatic carbocycles. The van der Waals surface area contributed by atoms with Gasteiger partial charge in [0.05, 0.1) is 38.6 Å². The molecule has 3 aliphatic heterocycles. The van der Waals surface area contributed by atoms with Gasteiger partial charge in [0, 0.05) is 6.42 Å². The Balaban J connectivity index is 1.29. The number of aliphatic hydroxyl groups is 11. The van der Waals surface area contributed by atoms with Crippen molar-refractivity contribution in [2.24, 2.45) is 0 Å². The zero-order valence-corrected chi connectivity index (χ0v) is 69.8. The van der Waals surface area contributed by atoms with Gasteiger partial charge in [0.2, 0.25) is 5.91 Å². The fourth-order valence-electron chi connectivity index (χ4n) is 15.6. The third-order valence-corrected chi connectivity index (χ3v) is 22.9. The van der Waals surface area contributed by atoms with Crippen molar-refractivity contribution in [3.05, 3.63) is 48.6 Å². The summed E-state index contributed by atoms with van der Waals surface area (Å²) >= 11 is 0. The lowest BCUT2D eigenvalue weighted by atomic mass is 9.96. The van der Waals surface area contributed by atoms with Crippen LogP contribution in [0.15, 0.2) is 48.6 Å². The van der Waals surface area contributed by atoms with E-state index < -0.39 is 124 Å². The molecule has 3 saturated heterocycles. The Hall–Kier alpha value is -2.25. The van der Waals surface area contributed by atoms with E-state index in [0.29, 0.717) is 6.42 Å². The monoisotopic (exact) mass is 1560 g/mol. The summed E-state index contributed by atoms with van der Waals surface area (Å²) in [6.07, 6.45) is 65.6. The van der Waals surface area contributed by atoms with Crippen molar-refractivity contribution in [1.82, 2.24) is 5.32 Å². The molecule has 110 heavy (non-hydrogen) atoms. The van der Waals surface area contributed by atoms with Gasteiger partial charge < -0.3 is 89.9 Å². The number of ether oxygens (including phenoxy) is 6. The van der Waals surface area contributed by atoms with Crippen LogP contribution in [0.5, 0.6) is 0 Å². The highest BCUT2D eigenvalue weighted by atomic mass is 16.8. The molecule has 19 nitrogen and oxygen atoms in total. The molecule has 0 saturated carbocycles. The summed E-state index contributed by atoms with van der Waals surface area (Å²) in [5.41, 5.74) is 0. The maximum atomic E-state index is 13.5. The lowest BCUT2D eigenvalue weighted by Gasteiger charge is -2.48. The molecule has 3 aliphatic rings. The molecule has 0 aromatic rings. The SMILES string of the molecule is CCCCCCC/C=C\C/C=C\C/C=C\CCCCCCCCCCCCCCCCCCCCCCCCCCCCC(=O)NC(COC1OC(CO)C(OC2OC(CO)C(OC3OC(CO)C(O)C(O)C3O)C(O)C2O)C(O)C1O)C(O)/C=C/CCCCCCCCCCCCCCCCCCCCCCCC. The van der Waals surface area contributed by atoms with Crippen LogP contribution in [0.4, 0.5) is 0 Å². The molecule has 3 fully saturated rings. The molecule has 17 atom stereocenters. The fraction of sp³-hybridized carbons (Fsp3) is 0.901. The van der Waals surface area contributed by atoms with Crippen molar-refractivity contribution in [2.75, 3.05) is 26.4 Å². The predicted octanol–water partition coefficient (Wildman–Crippen LogP) is 17.6. The highest BCUT2D eigenvalue weighted by Crippen LogP contribution is 2.34. The van der Waals surface area contributed by atoms with E-state index in [1.807, 2.05) is 6.08 Å². The quantitative estimate of drug-likeness (QED) is 0.0199. The van der Waals surface area contributed by atoms with E-state index in [4.69, 9.17) is 28.4 Å². The zero-order chi connectivity index (χ0) is 79.5. The topological polar surface area (TPSA) is 307 Å². The minimum absolute atomic E-state index is 0.248. The van der Waals surface area contributed by atoms with Crippen molar-refractivity contribution < 1.29 is 89.4 Å². The first-order chi connectivity index (χ1) is 53.8. The molecule has 17 unspecified atom stereocenters. The number of amides is 1. The van der Waals surface area contributed by atoms with E-state index in [-0.39, 0.29) is 18.9 Å². The molecule has 646 valence electrons. The molecule has 0 bridgehead atoms. The Morgan fingerprint density at radius 1 is 0.327 bits per heavy atom. The summed E-state index contributed by atoms with van der Waals surface area (Å²) in [4.78, 5) is 13.5. The largest absolute Gasteiger partial charge is 0.394 e. The van der Waals surface area contributed by atoms with E-state index >= 15 is 0 Å². The number of rotatable bonds is 75. The van der Waals surface area contributed by atoms with Crippen molar-refractivity contribution in [3.8, 4) is 0 Å². The molecule has 3 rings (SSSR count). The molecule has 19 heteroatoms. The van der Waals surface area contributed by atoms with Crippen LogP contribution >= 0.6 is 0 Å². The first-order valence-corrected chi connectivity index (χ1v) is 45.9. The van der Waals surface area contributed by atoms with E-state index in [2.05, 4.69) is 55.6 Å². The second-order valence-corrected chi connectivity index (χ2v) is 32.8. The van der Waals surface area contributed by atoms with Gasteiger partial charge in [-0.05, 0) is 57.8 Å². The number of unbranched alkanes of at least 4 members (excludes halogenated alkanes) is 53. The van der Waals surface area contributed by atoms with Crippen LogP contribution in [0, 0.1) is 0 Å². The van der Waals surface area contributed by atoms with Crippen molar-refractivity contribution >= 4 is 5.91 Å². The van der Waals surface area contributed by atoms with Crippen LogP contribution in [0.25, 0.3) is 0 Å². The summed E-state index contributed by atoms with van der Waals surface area (Å²) in [5, 5.41) is 121. The normalized spacial score (nSPS) is 25.3. The lowest BCUT2D eigenvalue weighted by Crippen LogP contribution is -2.66. The second-order valence-electron chi connectivity index (χ2n) is 32.8.